The number of aliphatic carboxylic acids is 1. The van der Waals surface area contributed by atoms with Crippen molar-refractivity contribution in [3.63, 3.8) is 0 Å². The van der Waals surface area contributed by atoms with E-state index < -0.39 is 5.97 Å². The van der Waals surface area contributed by atoms with E-state index in [1.54, 1.807) is 4.57 Å². The largest absolute Gasteiger partial charge is 0.481 e. The predicted molar refractivity (Wildman–Crippen MR) is 71.2 cm³/mol. The summed E-state index contributed by atoms with van der Waals surface area (Å²) in [5.74, 6) is -0.389. The average Bonchev–Trinajstić information content (AvgIpc) is 2.74. The minimum absolute atomic E-state index is 0.0251. The Bertz CT molecular complexity index is 616. The molecule has 0 aliphatic carbocycles. The van der Waals surface area contributed by atoms with Crippen LogP contribution in [0.25, 0.3) is 11.0 Å². The summed E-state index contributed by atoms with van der Waals surface area (Å²) >= 11 is 0. The molecule has 0 unspecified atom stereocenters. The van der Waals surface area contributed by atoms with Gasteiger partial charge in [-0.3, -0.25) is 14.2 Å². The van der Waals surface area contributed by atoms with Crippen LogP contribution in [-0.2, 0) is 11.2 Å². The Morgan fingerprint density at radius 2 is 2.00 bits per heavy atom. The Hall–Kier alpha value is -2.17. The van der Waals surface area contributed by atoms with E-state index in [9.17, 15) is 9.59 Å². The maximum Gasteiger partial charge on any atom is 0.303 e. The van der Waals surface area contributed by atoms with Crippen LogP contribution in [0.5, 0.6) is 0 Å². The first-order valence-electron chi connectivity index (χ1n) is 6.35. The molecule has 0 amide bonds. The van der Waals surface area contributed by atoms with E-state index in [1.807, 2.05) is 31.2 Å². The Kier molecular flexibility index (Phi) is 3.94. The molecule has 0 bridgehead atoms. The summed E-state index contributed by atoms with van der Waals surface area (Å²) in [7, 11) is 0. The lowest BCUT2D eigenvalue weighted by atomic mass is 10.2. The van der Waals surface area contributed by atoms with Gasteiger partial charge in [0, 0.05) is 12.8 Å². The molecule has 0 saturated heterocycles. The van der Waals surface area contributed by atoms with Crippen LogP contribution in [0.1, 0.15) is 36.8 Å². The maximum absolute atomic E-state index is 12.2. The van der Waals surface area contributed by atoms with Gasteiger partial charge in [0.2, 0.25) is 5.91 Å². The normalized spacial score (nSPS) is 10.8. The topological polar surface area (TPSA) is 72.2 Å². The van der Waals surface area contributed by atoms with Gasteiger partial charge in [-0.25, -0.2) is 4.98 Å². The third kappa shape index (κ3) is 2.81. The molecule has 0 aliphatic rings. The highest BCUT2D eigenvalue weighted by atomic mass is 16.4. The lowest BCUT2D eigenvalue weighted by Crippen LogP contribution is -2.14. The highest BCUT2D eigenvalue weighted by Gasteiger charge is 2.16. The van der Waals surface area contributed by atoms with Crippen LogP contribution < -0.4 is 0 Å². The number of para-hydroxylation sites is 2. The molecule has 19 heavy (non-hydrogen) atoms. The summed E-state index contributed by atoms with van der Waals surface area (Å²) in [4.78, 5) is 27.2. The maximum atomic E-state index is 12.2. The van der Waals surface area contributed by atoms with Crippen molar-refractivity contribution in [3.8, 4) is 0 Å². The lowest BCUT2D eigenvalue weighted by molar-refractivity contribution is -0.137. The second-order valence-electron chi connectivity index (χ2n) is 4.39. The fourth-order valence-electron chi connectivity index (χ4n) is 2.07. The second kappa shape index (κ2) is 5.65. The number of carboxylic acids is 1. The van der Waals surface area contributed by atoms with E-state index in [-0.39, 0.29) is 18.7 Å². The fourth-order valence-corrected chi connectivity index (χ4v) is 2.07. The summed E-state index contributed by atoms with van der Waals surface area (Å²) < 4.78 is 1.56. The van der Waals surface area contributed by atoms with Crippen LogP contribution in [0.2, 0.25) is 0 Å². The molecule has 0 radical (unpaired) electrons. The Labute approximate surface area is 110 Å². The zero-order valence-electron chi connectivity index (χ0n) is 10.8. The summed E-state index contributed by atoms with van der Waals surface area (Å²) in [5, 5.41) is 8.76. The van der Waals surface area contributed by atoms with Crippen molar-refractivity contribution < 1.29 is 14.7 Å². The summed E-state index contributed by atoms with van der Waals surface area (Å²) in [5.41, 5.74) is 1.48. The van der Waals surface area contributed by atoms with E-state index >= 15 is 0 Å². The molecular formula is C14H16N2O3. The first kappa shape index (κ1) is 13.3. The molecule has 0 aliphatic heterocycles. The molecule has 0 atom stereocenters. The minimum Gasteiger partial charge on any atom is -0.481 e. The second-order valence-corrected chi connectivity index (χ2v) is 4.39. The van der Waals surface area contributed by atoms with Gasteiger partial charge in [-0.05, 0) is 18.6 Å². The number of fused-ring (bicyclic) bond motifs is 1. The van der Waals surface area contributed by atoms with Gasteiger partial charge in [0.15, 0.2) is 0 Å². The highest BCUT2D eigenvalue weighted by molar-refractivity contribution is 5.91. The third-order valence-corrected chi connectivity index (χ3v) is 2.91. The van der Waals surface area contributed by atoms with Crippen molar-refractivity contribution >= 4 is 22.9 Å². The number of hydrogen-bond acceptors (Lipinski definition) is 3. The van der Waals surface area contributed by atoms with Crippen LogP contribution in [-0.4, -0.2) is 26.5 Å². The fraction of sp³-hybridized carbons (Fsp3) is 0.357. The molecule has 0 spiro atoms. The highest BCUT2D eigenvalue weighted by Crippen LogP contribution is 2.18. The number of aromatic nitrogens is 2. The van der Waals surface area contributed by atoms with Crippen molar-refractivity contribution in [1.82, 2.24) is 9.55 Å². The Balaban J connectivity index is 2.45. The SMILES string of the molecule is CCCC(=O)n1c(CCC(=O)O)nc2ccccc21. The van der Waals surface area contributed by atoms with Gasteiger partial charge in [0.25, 0.3) is 0 Å². The van der Waals surface area contributed by atoms with Crippen LogP contribution in [0.4, 0.5) is 0 Å². The van der Waals surface area contributed by atoms with Gasteiger partial charge in [0.1, 0.15) is 5.82 Å². The lowest BCUT2D eigenvalue weighted by Gasteiger charge is -2.06. The molecule has 5 nitrogen and oxygen atoms in total. The molecule has 1 aromatic carbocycles. The first-order valence-corrected chi connectivity index (χ1v) is 6.35. The molecule has 5 heteroatoms. The molecule has 0 saturated carbocycles. The molecule has 1 heterocycles. The molecule has 1 aromatic heterocycles. The summed E-state index contributed by atoms with van der Waals surface area (Å²) in [6.07, 6.45) is 1.42. The smallest absolute Gasteiger partial charge is 0.303 e. The van der Waals surface area contributed by atoms with Crippen LogP contribution in [0.15, 0.2) is 24.3 Å². The average molecular weight is 260 g/mol. The van der Waals surface area contributed by atoms with Crippen molar-refractivity contribution in [1.29, 1.82) is 0 Å². The summed E-state index contributed by atoms with van der Waals surface area (Å²) in [6.45, 7) is 1.94. The van der Waals surface area contributed by atoms with Gasteiger partial charge >= 0.3 is 5.97 Å². The zero-order valence-corrected chi connectivity index (χ0v) is 10.8. The van der Waals surface area contributed by atoms with Gasteiger partial charge in [-0.1, -0.05) is 19.1 Å². The van der Waals surface area contributed by atoms with Gasteiger partial charge in [-0.15, -0.1) is 0 Å². The molecule has 0 fully saturated rings. The molecule has 100 valence electrons. The third-order valence-electron chi connectivity index (χ3n) is 2.91. The van der Waals surface area contributed by atoms with Crippen molar-refractivity contribution in [2.75, 3.05) is 0 Å². The zero-order chi connectivity index (χ0) is 13.8. The van der Waals surface area contributed by atoms with E-state index in [0.29, 0.717) is 12.2 Å². The minimum atomic E-state index is -0.887. The van der Waals surface area contributed by atoms with E-state index in [1.165, 1.54) is 0 Å². The first-order chi connectivity index (χ1) is 9.13. The van der Waals surface area contributed by atoms with Gasteiger partial charge in [0.05, 0.1) is 17.5 Å². The van der Waals surface area contributed by atoms with Crippen molar-refractivity contribution in [3.05, 3.63) is 30.1 Å². The number of carboxylic acid groups (broad SMARTS) is 1. The monoisotopic (exact) mass is 260 g/mol. The van der Waals surface area contributed by atoms with E-state index in [4.69, 9.17) is 5.11 Å². The van der Waals surface area contributed by atoms with Crippen molar-refractivity contribution in [2.24, 2.45) is 0 Å². The standard InChI is InChI=1S/C14H16N2O3/c1-2-5-13(17)16-11-7-4-3-6-10(11)15-12(16)8-9-14(18)19/h3-4,6-7H,2,5,8-9H2,1H3,(H,18,19). The van der Waals surface area contributed by atoms with Gasteiger partial charge < -0.3 is 5.11 Å². The van der Waals surface area contributed by atoms with E-state index in [0.717, 1.165) is 17.5 Å². The quantitative estimate of drug-likeness (QED) is 0.896. The van der Waals surface area contributed by atoms with Crippen LogP contribution in [0.3, 0.4) is 0 Å². The molecule has 1 N–H and O–H groups in total. The van der Waals surface area contributed by atoms with Crippen molar-refractivity contribution in [2.45, 2.75) is 32.6 Å². The summed E-state index contributed by atoms with van der Waals surface area (Å²) in [6, 6.07) is 7.36. The van der Waals surface area contributed by atoms with Crippen LogP contribution >= 0.6 is 0 Å². The predicted octanol–water partition coefficient (Wildman–Crippen LogP) is 2.49. The molecule has 2 aromatic rings. The number of imidazole rings is 1. The number of benzene rings is 1. The van der Waals surface area contributed by atoms with Gasteiger partial charge in [-0.2, -0.15) is 0 Å². The number of hydrogen-bond donors (Lipinski definition) is 1. The molecular weight excluding hydrogens is 244 g/mol. The molecule has 2 rings (SSSR count). The van der Waals surface area contributed by atoms with E-state index in [2.05, 4.69) is 4.98 Å². The number of carbonyl (C=O) groups is 2. The number of carbonyl (C=O) groups excluding carboxylic acids is 1. The Morgan fingerprint density at radius 3 is 2.68 bits per heavy atom. The number of aryl methyl sites for hydroxylation is 1. The Morgan fingerprint density at radius 1 is 1.26 bits per heavy atom. The number of rotatable bonds is 5. The van der Waals surface area contributed by atoms with Crippen LogP contribution in [0, 0.1) is 0 Å². The number of nitrogens with zero attached hydrogens (tertiary/aromatic N) is 2.